The summed E-state index contributed by atoms with van der Waals surface area (Å²) in [6, 6.07) is -0.892. The van der Waals surface area contributed by atoms with Crippen LogP contribution < -0.4 is 5.32 Å². The van der Waals surface area contributed by atoms with Gasteiger partial charge in [0.15, 0.2) is 0 Å². The molecule has 0 saturated carbocycles. The van der Waals surface area contributed by atoms with Crippen LogP contribution in [0.25, 0.3) is 0 Å². The van der Waals surface area contributed by atoms with Crippen LogP contribution in [-0.4, -0.2) is 22.3 Å². The maximum atomic E-state index is 10.6. The lowest BCUT2D eigenvalue weighted by Gasteiger charge is -2.06. The number of hydrogen-bond acceptors (Lipinski definition) is 3. The minimum atomic E-state index is -0.448. The Kier molecular flexibility index (Phi) is 1.36. The Morgan fingerprint density at radius 2 is 2.22 bits per heavy atom. The monoisotopic (exact) mass is 146 g/mol. The van der Waals surface area contributed by atoms with Crippen molar-refractivity contribution >= 4 is 24.8 Å². The third kappa shape index (κ3) is 0.873. The second-order valence-corrected chi connectivity index (χ2v) is 2.25. The van der Waals surface area contributed by atoms with Gasteiger partial charge < -0.3 is 0 Å². The van der Waals surface area contributed by atoms with Crippen molar-refractivity contribution in [2.24, 2.45) is 0 Å². The SMILES string of the molecule is CC1C(=O)NC(=O)N1S. The number of carbonyl (C=O) groups excluding carboxylic acids is 2. The first-order valence-corrected chi connectivity index (χ1v) is 2.86. The summed E-state index contributed by atoms with van der Waals surface area (Å²) in [6.45, 7) is 1.60. The van der Waals surface area contributed by atoms with Gasteiger partial charge in [-0.05, 0) is 6.92 Å². The minimum Gasteiger partial charge on any atom is -0.275 e. The van der Waals surface area contributed by atoms with Crippen molar-refractivity contribution in [1.82, 2.24) is 9.62 Å². The van der Waals surface area contributed by atoms with E-state index in [1.54, 1.807) is 6.92 Å². The average molecular weight is 146 g/mol. The van der Waals surface area contributed by atoms with Crippen molar-refractivity contribution in [3.63, 3.8) is 0 Å². The number of rotatable bonds is 0. The van der Waals surface area contributed by atoms with Gasteiger partial charge >= 0.3 is 6.03 Å². The van der Waals surface area contributed by atoms with Crippen LogP contribution in [0, 0.1) is 0 Å². The molecule has 0 spiro atoms. The van der Waals surface area contributed by atoms with Gasteiger partial charge in [0.05, 0.1) is 0 Å². The topological polar surface area (TPSA) is 49.4 Å². The molecule has 0 aromatic heterocycles. The highest BCUT2D eigenvalue weighted by atomic mass is 32.1. The van der Waals surface area contributed by atoms with Gasteiger partial charge in [0.1, 0.15) is 6.04 Å². The van der Waals surface area contributed by atoms with Crippen molar-refractivity contribution in [2.75, 3.05) is 0 Å². The number of imide groups is 1. The van der Waals surface area contributed by atoms with E-state index in [-0.39, 0.29) is 5.91 Å². The van der Waals surface area contributed by atoms with Crippen LogP contribution in [0.15, 0.2) is 0 Å². The summed E-state index contributed by atoms with van der Waals surface area (Å²) >= 11 is 3.74. The Morgan fingerprint density at radius 3 is 2.33 bits per heavy atom. The molecule has 4 nitrogen and oxygen atoms in total. The third-order valence-electron chi connectivity index (χ3n) is 1.18. The first kappa shape index (κ1) is 6.41. The number of urea groups is 1. The second-order valence-electron chi connectivity index (χ2n) is 1.81. The zero-order valence-electron chi connectivity index (χ0n) is 4.79. The Bertz CT molecular complexity index is 152. The van der Waals surface area contributed by atoms with E-state index < -0.39 is 12.1 Å². The van der Waals surface area contributed by atoms with Gasteiger partial charge in [-0.2, -0.15) is 0 Å². The molecule has 0 aromatic carbocycles. The lowest BCUT2D eigenvalue weighted by Crippen LogP contribution is -2.22. The largest absolute Gasteiger partial charge is 0.334 e. The molecule has 0 aliphatic carbocycles. The van der Waals surface area contributed by atoms with Gasteiger partial charge in [-0.1, -0.05) is 12.8 Å². The van der Waals surface area contributed by atoms with Crippen LogP contribution >= 0.6 is 12.8 Å². The Labute approximate surface area is 57.8 Å². The van der Waals surface area contributed by atoms with E-state index in [9.17, 15) is 9.59 Å². The number of nitrogens with one attached hydrogen (secondary N) is 1. The predicted molar refractivity (Wildman–Crippen MR) is 33.8 cm³/mol. The summed E-state index contributed by atoms with van der Waals surface area (Å²) in [5, 5.41) is 2.09. The Balaban J connectivity index is 2.77. The van der Waals surface area contributed by atoms with Crippen molar-refractivity contribution in [2.45, 2.75) is 13.0 Å². The van der Waals surface area contributed by atoms with Gasteiger partial charge in [-0.15, -0.1) is 0 Å². The van der Waals surface area contributed by atoms with Crippen molar-refractivity contribution in [3.8, 4) is 0 Å². The Morgan fingerprint density at radius 1 is 1.67 bits per heavy atom. The second kappa shape index (κ2) is 1.91. The quantitative estimate of drug-likeness (QED) is 0.366. The average Bonchev–Trinajstić information content (AvgIpc) is 1.98. The fraction of sp³-hybridized carbons (Fsp3) is 0.500. The summed E-state index contributed by atoms with van der Waals surface area (Å²) in [4.78, 5) is 21.1. The molecule has 0 radical (unpaired) electrons. The molecule has 3 amide bonds. The molecular formula is C4H6N2O2S. The molecule has 1 rings (SSSR count). The molecule has 0 aromatic rings. The number of nitrogens with zero attached hydrogens (tertiary/aromatic N) is 1. The van der Waals surface area contributed by atoms with Gasteiger partial charge in [0.25, 0.3) is 5.91 Å². The van der Waals surface area contributed by atoms with Crippen LogP contribution in [-0.2, 0) is 4.79 Å². The standard InChI is InChI=1S/C4H6N2O2S/c1-2-3(7)5-4(8)6(2)9/h2,9H,1H3,(H,5,7,8). The van der Waals surface area contributed by atoms with E-state index in [0.717, 1.165) is 4.31 Å². The molecule has 50 valence electrons. The smallest absolute Gasteiger partial charge is 0.275 e. The highest BCUT2D eigenvalue weighted by Gasteiger charge is 2.32. The molecule has 9 heavy (non-hydrogen) atoms. The van der Waals surface area contributed by atoms with Gasteiger partial charge in [0, 0.05) is 0 Å². The van der Waals surface area contributed by atoms with E-state index in [4.69, 9.17) is 0 Å². The molecule has 5 heteroatoms. The lowest BCUT2D eigenvalue weighted by molar-refractivity contribution is -0.120. The maximum absolute atomic E-state index is 10.6. The Hall–Kier alpha value is -0.710. The minimum absolute atomic E-state index is 0.296. The fourth-order valence-corrected chi connectivity index (χ4v) is 0.709. The fourth-order valence-electron chi connectivity index (χ4n) is 0.554. The number of amides is 3. The molecule has 1 aliphatic rings. The number of thiol groups is 1. The summed E-state index contributed by atoms with van der Waals surface area (Å²) in [6.07, 6.45) is 0. The molecule has 0 bridgehead atoms. The van der Waals surface area contributed by atoms with E-state index in [1.807, 2.05) is 0 Å². The first-order chi connectivity index (χ1) is 4.13. The van der Waals surface area contributed by atoms with E-state index >= 15 is 0 Å². The third-order valence-corrected chi connectivity index (χ3v) is 1.71. The van der Waals surface area contributed by atoms with Gasteiger partial charge in [0.2, 0.25) is 0 Å². The van der Waals surface area contributed by atoms with Crippen LogP contribution in [0.2, 0.25) is 0 Å². The molecule has 1 fully saturated rings. The van der Waals surface area contributed by atoms with E-state index in [1.165, 1.54) is 0 Å². The first-order valence-electron chi connectivity index (χ1n) is 2.46. The highest BCUT2D eigenvalue weighted by molar-refractivity contribution is 7.78. The zero-order valence-corrected chi connectivity index (χ0v) is 5.68. The molecule has 1 saturated heterocycles. The lowest BCUT2D eigenvalue weighted by atomic mass is 10.4. The van der Waals surface area contributed by atoms with Gasteiger partial charge in [-0.3, -0.25) is 14.4 Å². The van der Waals surface area contributed by atoms with E-state index in [0.29, 0.717) is 0 Å². The van der Waals surface area contributed by atoms with Crippen molar-refractivity contribution in [1.29, 1.82) is 0 Å². The maximum Gasteiger partial charge on any atom is 0.334 e. The van der Waals surface area contributed by atoms with Crippen molar-refractivity contribution < 1.29 is 9.59 Å². The molecule has 1 heterocycles. The normalized spacial score (nSPS) is 26.9. The molecule has 1 atom stereocenters. The van der Waals surface area contributed by atoms with Crippen LogP contribution in [0.5, 0.6) is 0 Å². The summed E-state index contributed by atoms with van der Waals surface area (Å²) in [5.74, 6) is -0.296. The molecule has 1 aliphatic heterocycles. The van der Waals surface area contributed by atoms with Crippen LogP contribution in [0.1, 0.15) is 6.92 Å². The van der Waals surface area contributed by atoms with Crippen LogP contribution in [0.4, 0.5) is 4.79 Å². The molecule has 1 unspecified atom stereocenters. The highest BCUT2D eigenvalue weighted by Crippen LogP contribution is 2.08. The number of hydrogen-bond donors (Lipinski definition) is 2. The van der Waals surface area contributed by atoms with Crippen molar-refractivity contribution in [3.05, 3.63) is 0 Å². The van der Waals surface area contributed by atoms with Gasteiger partial charge in [-0.25, -0.2) is 4.79 Å². The summed E-state index contributed by atoms with van der Waals surface area (Å²) in [5.41, 5.74) is 0. The molecular weight excluding hydrogens is 140 g/mol. The zero-order chi connectivity index (χ0) is 7.02. The summed E-state index contributed by atoms with van der Waals surface area (Å²) < 4.78 is 1.06. The van der Waals surface area contributed by atoms with E-state index in [2.05, 4.69) is 18.1 Å². The predicted octanol–water partition coefficient (Wildman–Crippen LogP) is -0.228. The van der Waals surface area contributed by atoms with Crippen LogP contribution in [0.3, 0.4) is 0 Å². The molecule has 1 N–H and O–H groups in total. The number of carbonyl (C=O) groups is 2. The summed E-state index contributed by atoms with van der Waals surface area (Å²) in [7, 11) is 0.